The molecule has 2 aromatic rings. The molecule has 1 saturated heterocycles. The molecule has 1 aliphatic rings. The molecule has 17 heavy (non-hydrogen) atoms. The van der Waals surface area contributed by atoms with Crippen LogP contribution in [-0.2, 0) is 21.5 Å². The summed E-state index contributed by atoms with van der Waals surface area (Å²) in [5.41, 5.74) is 1.48. The highest BCUT2D eigenvalue weighted by Gasteiger charge is 2.40. The maximum absolute atomic E-state index is 5.74. The Morgan fingerprint density at radius 1 is 1.29 bits per heavy atom. The van der Waals surface area contributed by atoms with Gasteiger partial charge in [0.15, 0.2) is 0 Å². The Balaban J connectivity index is 1.91. The molecule has 1 fully saturated rings. The van der Waals surface area contributed by atoms with Gasteiger partial charge in [-0.2, -0.15) is 15.4 Å². The summed E-state index contributed by atoms with van der Waals surface area (Å²) in [6.45, 7) is 0.814. The van der Waals surface area contributed by atoms with E-state index in [9.17, 15) is 0 Å². The highest BCUT2D eigenvalue weighted by Crippen LogP contribution is 2.32. The van der Waals surface area contributed by atoms with Crippen LogP contribution in [0, 0.1) is 0 Å². The van der Waals surface area contributed by atoms with E-state index in [1.54, 1.807) is 6.20 Å². The Morgan fingerprint density at radius 3 is 2.82 bits per heavy atom. The number of aromatic nitrogens is 3. The van der Waals surface area contributed by atoms with Gasteiger partial charge < -0.3 is 9.47 Å². The topological polar surface area (TPSA) is 60.0 Å². The van der Waals surface area contributed by atoms with Crippen LogP contribution in [0.25, 0.3) is 0 Å². The van der Waals surface area contributed by atoms with Gasteiger partial charge in [-0.1, -0.05) is 30.3 Å². The zero-order valence-corrected chi connectivity index (χ0v) is 9.30. The average Bonchev–Trinajstić information content (AvgIpc) is 3.01. The third-order valence-electron chi connectivity index (χ3n) is 2.97. The highest BCUT2D eigenvalue weighted by molar-refractivity contribution is 5.21. The lowest BCUT2D eigenvalue weighted by Crippen LogP contribution is -2.31. The molecule has 1 aromatic carbocycles. The van der Waals surface area contributed by atoms with Gasteiger partial charge in [-0.25, -0.2) is 0 Å². The molecule has 1 atom stereocenters. The van der Waals surface area contributed by atoms with Crippen molar-refractivity contribution in [1.29, 1.82) is 0 Å². The van der Waals surface area contributed by atoms with E-state index in [1.807, 2.05) is 18.2 Å². The van der Waals surface area contributed by atoms with Crippen LogP contribution in [0.3, 0.4) is 0 Å². The minimum absolute atomic E-state index is 0.305. The lowest BCUT2D eigenvalue weighted by molar-refractivity contribution is -0.0140. The molecule has 0 bridgehead atoms. The summed E-state index contributed by atoms with van der Waals surface area (Å²) in [4.78, 5) is 0. The molecule has 1 aromatic heterocycles. The molecule has 5 nitrogen and oxygen atoms in total. The Morgan fingerprint density at radius 2 is 2.18 bits per heavy atom. The zero-order valence-electron chi connectivity index (χ0n) is 9.30. The van der Waals surface area contributed by atoms with Gasteiger partial charge >= 0.3 is 0 Å². The number of aromatic amines is 1. The van der Waals surface area contributed by atoms with Crippen molar-refractivity contribution < 1.29 is 9.47 Å². The van der Waals surface area contributed by atoms with E-state index in [0.29, 0.717) is 13.4 Å². The summed E-state index contributed by atoms with van der Waals surface area (Å²) < 4.78 is 11.1. The number of benzene rings is 1. The number of hydrogen-bond donors (Lipinski definition) is 1. The van der Waals surface area contributed by atoms with Crippen molar-refractivity contribution in [3.05, 3.63) is 47.8 Å². The van der Waals surface area contributed by atoms with Crippen molar-refractivity contribution >= 4 is 0 Å². The predicted molar refractivity (Wildman–Crippen MR) is 60.1 cm³/mol. The zero-order chi connectivity index (χ0) is 11.6. The molecule has 88 valence electrons. The van der Waals surface area contributed by atoms with Crippen LogP contribution in [-0.4, -0.2) is 28.8 Å². The SMILES string of the molecule is c1ccc(CC2(c3cn[nH]n3)COCO2)cc1. The molecule has 0 aliphatic carbocycles. The quantitative estimate of drug-likeness (QED) is 0.863. The molecule has 0 radical (unpaired) electrons. The van der Waals surface area contributed by atoms with Crippen LogP contribution in [0.5, 0.6) is 0 Å². The second-order valence-electron chi connectivity index (χ2n) is 4.12. The van der Waals surface area contributed by atoms with E-state index in [1.165, 1.54) is 5.56 Å². The van der Waals surface area contributed by atoms with Crippen LogP contribution in [0.4, 0.5) is 0 Å². The van der Waals surface area contributed by atoms with Gasteiger partial charge in [-0.3, -0.25) is 0 Å². The first kappa shape index (κ1) is 10.4. The van der Waals surface area contributed by atoms with Gasteiger partial charge in [0.2, 0.25) is 0 Å². The van der Waals surface area contributed by atoms with Crippen LogP contribution in [0.1, 0.15) is 11.3 Å². The fourth-order valence-electron chi connectivity index (χ4n) is 2.09. The molecule has 5 heteroatoms. The molecular weight excluding hydrogens is 218 g/mol. The number of rotatable bonds is 3. The van der Waals surface area contributed by atoms with Crippen molar-refractivity contribution in [1.82, 2.24) is 15.4 Å². The normalized spacial score (nSPS) is 24.0. The van der Waals surface area contributed by atoms with Crippen LogP contribution < -0.4 is 0 Å². The van der Waals surface area contributed by atoms with Crippen LogP contribution in [0.15, 0.2) is 36.5 Å². The Hall–Kier alpha value is -1.72. The van der Waals surface area contributed by atoms with E-state index < -0.39 is 5.60 Å². The minimum Gasteiger partial charge on any atom is -0.352 e. The molecular formula is C12H13N3O2. The van der Waals surface area contributed by atoms with Crippen molar-refractivity contribution in [2.45, 2.75) is 12.0 Å². The van der Waals surface area contributed by atoms with Gasteiger partial charge in [-0.05, 0) is 5.56 Å². The monoisotopic (exact) mass is 231 g/mol. The smallest absolute Gasteiger partial charge is 0.148 e. The number of H-pyrrole nitrogens is 1. The summed E-state index contributed by atoms with van der Waals surface area (Å²) in [5.74, 6) is 0. The van der Waals surface area contributed by atoms with Crippen molar-refractivity contribution in [3.63, 3.8) is 0 Å². The first-order valence-corrected chi connectivity index (χ1v) is 5.51. The third-order valence-corrected chi connectivity index (χ3v) is 2.97. The summed E-state index contributed by atoms with van der Waals surface area (Å²) in [6.07, 6.45) is 2.43. The highest BCUT2D eigenvalue weighted by atomic mass is 16.7. The number of nitrogens with one attached hydrogen (secondary N) is 1. The van der Waals surface area contributed by atoms with Gasteiger partial charge in [0.1, 0.15) is 18.1 Å². The second kappa shape index (κ2) is 4.27. The van der Waals surface area contributed by atoms with Crippen LogP contribution in [0.2, 0.25) is 0 Å². The Kier molecular flexibility index (Phi) is 2.62. The molecule has 0 saturated carbocycles. The fourth-order valence-corrected chi connectivity index (χ4v) is 2.09. The van der Waals surface area contributed by atoms with Crippen LogP contribution >= 0.6 is 0 Å². The molecule has 0 spiro atoms. The summed E-state index contributed by atoms with van der Waals surface area (Å²) in [6, 6.07) is 10.2. The molecule has 3 rings (SSSR count). The minimum atomic E-state index is -0.506. The standard InChI is InChI=1S/C12H13N3O2/c1-2-4-10(5-3-1)6-12(8-16-9-17-12)11-7-13-15-14-11/h1-5,7H,6,8-9H2,(H,13,14,15). The van der Waals surface area contributed by atoms with Crippen molar-refractivity contribution in [2.75, 3.05) is 13.4 Å². The predicted octanol–water partition coefficient (Wildman–Crippen LogP) is 1.25. The van der Waals surface area contributed by atoms with E-state index >= 15 is 0 Å². The summed E-state index contributed by atoms with van der Waals surface area (Å²) in [5, 5.41) is 10.6. The average molecular weight is 231 g/mol. The van der Waals surface area contributed by atoms with Crippen molar-refractivity contribution in [2.24, 2.45) is 0 Å². The molecule has 0 amide bonds. The van der Waals surface area contributed by atoms with Gasteiger partial charge in [0.25, 0.3) is 0 Å². The van der Waals surface area contributed by atoms with Gasteiger partial charge in [-0.15, -0.1) is 0 Å². The van der Waals surface area contributed by atoms with Gasteiger partial charge in [0, 0.05) is 6.42 Å². The van der Waals surface area contributed by atoms with E-state index in [-0.39, 0.29) is 0 Å². The molecule has 2 heterocycles. The Labute approximate surface area is 98.8 Å². The molecule has 1 N–H and O–H groups in total. The van der Waals surface area contributed by atoms with Crippen molar-refractivity contribution in [3.8, 4) is 0 Å². The number of nitrogens with zero attached hydrogens (tertiary/aromatic N) is 2. The van der Waals surface area contributed by atoms with E-state index in [2.05, 4.69) is 27.5 Å². The maximum atomic E-state index is 5.74. The first-order valence-electron chi connectivity index (χ1n) is 5.51. The van der Waals surface area contributed by atoms with E-state index in [4.69, 9.17) is 9.47 Å². The Bertz CT molecular complexity index is 464. The maximum Gasteiger partial charge on any atom is 0.148 e. The third kappa shape index (κ3) is 1.94. The number of ether oxygens (including phenoxy) is 2. The lowest BCUT2D eigenvalue weighted by Gasteiger charge is -2.23. The summed E-state index contributed by atoms with van der Waals surface area (Å²) in [7, 11) is 0. The second-order valence-corrected chi connectivity index (χ2v) is 4.12. The van der Waals surface area contributed by atoms with Gasteiger partial charge in [0.05, 0.1) is 12.8 Å². The lowest BCUT2D eigenvalue weighted by atomic mass is 9.92. The fraction of sp³-hybridized carbons (Fsp3) is 0.333. The summed E-state index contributed by atoms with van der Waals surface area (Å²) >= 11 is 0. The number of hydrogen-bond acceptors (Lipinski definition) is 4. The van der Waals surface area contributed by atoms with E-state index in [0.717, 1.165) is 12.1 Å². The molecule has 1 aliphatic heterocycles. The molecule has 1 unspecified atom stereocenters. The first-order chi connectivity index (χ1) is 8.39. The largest absolute Gasteiger partial charge is 0.352 e.